The molecule has 4 aliphatic carbocycles. The van der Waals surface area contributed by atoms with Gasteiger partial charge in [-0.1, -0.05) is 5.16 Å². The summed E-state index contributed by atoms with van der Waals surface area (Å²) in [6.07, 6.45) is 7.11. The molecule has 0 atom stereocenters. The van der Waals surface area contributed by atoms with Gasteiger partial charge in [0.25, 0.3) is 5.91 Å². The first-order valence-corrected chi connectivity index (χ1v) is 12.0. The third-order valence-electron chi connectivity index (χ3n) is 7.73. The van der Waals surface area contributed by atoms with Crippen molar-refractivity contribution in [2.24, 2.45) is 17.8 Å². The van der Waals surface area contributed by atoms with Gasteiger partial charge in [0.05, 0.1) is 23.9 Å². The average Bonchev–Trinajstić information content (AvgIpc) is 3.11. The highest BCUT2D eigenvalue weighted by molar-refractivity contribution is 5.92. The van der Waals surface area contributed by atoms with Crippen LogP contribution in [-0.4, -0.2) is 36.3 Å². The Labute approximate surface area is 199 Å². The van der Waals surface area contributed by atoms with Crippen molar-refractivity contribution >= 4 is 11.9 Å². The summed E-state index contributed by atoms with van der Waals surface area (Å²) >= 11 is 0. The fraction of sp³-hybridized carbons (Fsp3) is 0.577. The van der Waals surface area contributed by atoms with E-state index in [2.05, 4.69) is 10.5 Å². The Hall–Kier alpha value is -3.03. The zero-order chi connectivity index (χ0) is 23.9. The largest absolute Gasteiger partial charge is 0.493 e. The molecular weight excluding hydrogens is 436 g/mol. The minimum atomic E-state index is -0.573. The smallest absolute Gasteiger partial charge is 0.338 e. The second kappa shape index (κ2) is 8.96. The van der Waals surface area contributed by atoms with Crippen LogP contribution < -0.4 is 14.8 Å². The average molecular weight is 469 g/mol. The summed E-state index contributed by atoms with van der Waals surface area (Å²) < 4.78 is 21.7. The van der Waals surface area contributed by atoms with Crippen LogP contribution in [0.15, 0.2) is 22.7 Å². The molecule has 1 aromatic heterocycles. The van der Waals surface area contributed by atoms with Gasteiger partial charge in [0.1, 0.15) is 12.4 Å². The summed E-state index contributed by atoms with van der Waals surface area (Å²) in [5, 5.41) is 7.15. The number of hydrogen-bond donors (Lipinski definition) is 1. The van der Waals surface area contributed by atoms with Gasteiger partial charge in [-0.15, -0.1) is 0 Å². The molecule has 0 unspecified atom stereocenters. The van der Waals surface area contributed by atoms with E-state index in [4.69, 9.17) is 18.7 Å². The van der Waals surface area contributed by atoms with Crippen molar-refractivity contribution in [2.75, 3.05) is 13.7 Å². The predicted molar refractivity (Wildman–Crippen MR) is 123 cm³/mol. The Bertz CT molecular complexity index is 1040. The number of aryl methyl sites for hydroxylation is 2. The molecule has 4 aliphatic rings. The highest BCUT2D eigenvalue weighted by Crippen LogP contribution is 2.55. The number of amides is 1. The van der Waals surface area contributed by atoms with Crippen molar-refractivity contribution in [3.05, 3.63) is 40.8 Å². The number of nitrogens with one attached hydrogen (secondary N) is 1. The lowest BCUT2D eigenvalue weighted by Crippen LogP contribution is -2.60. The molecule has 0 radical (unpaired) electrons. The number of rotatable bonds is 8. The molecule has 4 bridgehead atoms. The van der Waals surface area contributed by atoms with Gasteiger partial charge >= 0.3 is 5.97 Å². The summed E-state index contributed by atoms with van der Waals surface area (Å²) in [5.41, 5.74) is 1.84. The van der Waals surface area contributed by atoms with Crippen molar-refractivity contribution < 1.29 is 28.3 Å². The van der Waals surface area contributed by atoms with Crippen molar-refractivity contribution in [2.45, 2.75) is 64.5 Å². The predicted octanol–water partition coefficient (Wildman–Crippen LogP) is 4.12. The first-order valence-electron chi connectivity index (χ1n) is 12.0. The topological polar surface area (TPSA) is 99.9 Å². The molecule has 8 heteroatoms. The molecule has 2 aromatic rings. The maximum absolute atomic E-state index is 12.6. The third-order valence-corrected chi connectivity index (χ3v) is 7.73. The van der Waals surface area contributed by atoms with Crippen LogP contribution in [0.4, 0.5) is 0 Å². The zero-order valence-corrected chi connectivity index (χ0v) is 20.0. The Kier molecular flexibility index (Phi) is 6.00. The second-order valence-electron chi connectivity index (χ2n) is 10.3. The first kappa shape index (κ1) is 22.7. The third kappa shape index (κ3) is 4.50. The molecular formula is C26H32N2O6. The lowest BCUT2D eigenvalue weighted by atomic mass is 9.53. The van der Waals surface area contributed by atoms with Gasteiger partial charge in [0.15, 0.2) is 18.1 Å². The van der Waals surface area contributed by atoms with E-state index >= 15 is 0 Å². The van der Waals surface area contributed by atoms with E-state index in [1.54, 1.807) is 18.2 Å². The quantitative estimate of drug-likeness (QED) is 0.582. The Balaban J connectivity index is 1.16. The van der Waals surface area contributed by atoms with Crippen LogP contribution >= 0.6 is 0 Å². The highest BCUT2D eigenvalue weighted by Gasteiger charge is 2.51. The summed E-state index contributed by atoms with van der Waals surface area (Å²) in [4.78, 5) is 25.3. The molecule has 0 saturated heterocycles. The number of aromatic nitrogens is 1. The van der Waals surface area contributed by atoms with Crippen molar-refractivity contribution in [3.63, 3.8) is 0 Å². The molecule has 1 N–H and O–H groups in total. The van der Waals surface area contributed by atoms with Crippen molar-refractivity contribution in [3.8, 4) is 11.5 Å². The number of benzene rings is 1. The standard InChI is InChI=1S/C26H32N2O6/c1-15-21(16(2)34-28-15)13-32-22-5-4-20(9-23(22)31-3)25(30)33-14-24(29)27-26-10-17-6-18(11-26)8-19(7-17)12-26/h4-5,9,17-19H,6-8,10-14H2,1-3H3,(H,27,29). The Morgan fingerprint density at radius 3 is 2.35 bits per heavy atom. The van der Waals surface area contributed by atoms with E-state index in [1.807, 2.05) is 13.8 Å². The first-order chi connectivity index (χ1) is 16.3. The highest BCUT2D eigenvalue weighted by atomic mass is 16.5. The van der Waals surface area contributed by atoms with E-state index in [9.17, 15) is 9.59 Å². The van der Waals surface area contributed by atoms with Gasteiger partial charge in [0, 0.05) is 5.54 Å². The number of hydrogen-bond acceptors (Lipinski definition) is 7. The second-order valence-corrected chi connectivity index (χ2v) is 10.3. The normalized spacial score (nSPS) is 26.9. The molecule has 34 heavy (non-hydrogen) atoms. The van der Waals surface area contributed by atoms with Crippen LogP contribution in [0.1, 0.15) is 65.9 Å². The van der Waals surface area contributed by atoms with Gasteiger partial charge in [-0.3, -0.25) is 4.79 Å². The van der Waals surface area contributed by atoms with Crippen LogP contribution in [-0.2, 0) is 16.1 Å². The van der Waals surface area contributed by atoms with Crippen molar-refractivity contribution in [1.82, 2.24) is 10.5 Å². The number of esters is 1. The van der Waals surface area contributed by atoms with Crippen molar-refractivity contribution in [1.29, 1.82) is 0 Å². The summed E-state index contributed by atoms with van der Waals surface area (Å²) in [7, 11) is 1.51. The molecule has 4 saturated carbocycles. The number of ether oxygens (including phenoxy) is 3. The molecule has 0 aliphatic heterocycles. The summed E-state index contributed by atoms with van der Waals surface area (Å²) in [6.45, 7) is 3.66. The number of nitrogens with zero attached hydrogens (tertiary/aromatic N) is 1. The number of carbonyl (C=O) groups excluding carboxylic acids is 2. The fourth-order valence-corrected chi connectivity index (χ4v) is 6.58. The molecule has 0 spiro atoms. The van der Waals surface area contributed by atoms with Crippen LogP contribution in [0.2, 0.25) is 0 Å². The maximum atomic E-state index is 12.6. The Morgan fingerprint density at radius 1 is 1.09 bits per heavy atom. The number of methoxy groups -OCH3 is 1. The molecule has 8 nitrogen and oxygen atoms in total. The molecule has 1 aromatic carbocycles. The van der Waals surface area contributed by atoms with E-state index in [-0.39, 0.29) is 24.7 Å². The SMILES string of the molecule is COc1cc(C(=O)OCC(=O)NC23CC4CC(CC(C4)C2)C3)ccc1OCc1c(C)noc1C. The molecule has 4 fully saturated rings. The minimum absolute atomic E-state index is 0.0956. The molecule has 182 valence electrons. The Morgan fingerprint density at radius 2 is 1.76 bits per heavy atom. The van der Waals surface area contributed by atoms with Gasteiger partial charge < -0.3 is 24.1 Å². The zero-order valence-electron chi connectivity index (χ0n) is 20.0. The van der Waals surface area contributed by atoms with E-state index in [0.29, 0.717) is 22.8 Å². The van der Waals surface area contributed by atoms with Crippen LogP contribution in [0.3, 0.4) is 0 Å². The number of carbonyl (C=O) groups is 2. The lowest BCUT2D eigenvalue weighted by Gasteiger charge is -2.56. The van der Waals surface area contributed by atoms with Crippen LogP contribution in [0, 0.1) is 31.6 Å². The fourth-order valence-electron chi connectivity index (χ4n) is 6.58. The van der Waals surface area contributed by atoms with Crippen LogP contribution in [0.5, 0.6) is 11.5 Å². The monoisotopic (exact) mass is 468 g/mol. The van der Waals surface area contributed by atoms with Gasteiger partial charge in [0.2, 0.25) is 0 Å². The van der Waals surface area contributed by atoms with Gasteiger partial charge in [-0.25, -0.2) is 4.79 Å². The van der Waals surface area contributed by atoms with E-state index in [0.717, 1.165) is 48.3 Å². The molecule has 6 rings (SSSR count). The molecule has 1 amide bonds. The van der Waals surface area contributed by atoms with E-state index in [1.165, 1.54) is 26.4 Å². The summed E-state index contributed by atoms with van der Waals surface area (Å²) in [6, 6.07) is 4.82. The summed E-state index contributed by atoms with van der Waals surface area (Å²) in [5.74, 6) is 3.00. The minimum Gasteiger partial charge on any atom is -0.493 e. The maximum Gasteiger partial charge on any atom is 0.338 e. The lowest BCUT2D eigenvalue weighted by molar-refractivity contribution is -0.130. The molecule has 1 heterocycles. The van der Waals surface area contributed by atoms with Gasteiger partial charge in [-0.05, 0) is 88.3 Å². The van der Waals surface area contributed by atoms with E-state index < -0.39 is 5.97 Å². The van der Waals surface area contributed by atoms with Crippen LogP contribution in [0.25, 0.3) is 0 Å². The van der Waals surface area contributed by atoms with Gasteiger partial charge in [-0.2, -0.15) is 0 Å².